The van der Waals surface area contributed by atoms with E-state index >= 15 is 0 Å². The molecule has 0 aliphatic rings. The van der Waals surface area contributed by atoms with Crippen molar-refractivity contribution in [2.24, 2.45) is 5.92 Å². The first-order valence-corrected chi connectivity index (χ1v) is 14.1. The van der Waals surface area contributed by atoms with Gasteiger partial charge in [0.2, 0.25) is 0 Å². The molecule has 0 unspecified atom stereocenters. The Morgan fingerprint density at radius 3 is 1.24 bits per heavy atom. The normalized spacial score (nSPS) is 11.4. The molecule has 0 amide bonds. The van der Waals surface area contributed by atoms with Gasteiger partial charge in [-0.1, -0.05) is 145 Å². The highest BCUT2D eigenvalue weighted by Gasteiger charge is 2.02. The molecule has 2 aromatic rings. The third kappa shape index (κ3) is 16.1. The van der Waals surface area contributed by atoms with Crippen LogP contribution in [0.3, 0.4) is 0 Å². The van der Waals surface area contributed by atoms with Crippen LogP contribution in [0.2, 0.25) is 0 Å². The fourth-order valence-corrected chi connectivity index (χ4v) is 4.48. The maximum Gasteiger partial charge on any atom is 0.0716 e. The molecule has 0 fully saturated rings. The predicted octanol–water partition coefficient (Wildman–Crippen LogP) is 9.52. The summed E-state index contributed by atoms with van der Waals surface area (Å²) >= 11 is 0. The molecule has 190 valence electrons. The first-order chi connectivity index (χ1) is 16.8. The van der Waals surface area contributed by atoms with E-state index in [9.17, 15) is 0 Å². The summed E-state index contributed by atoms with van der Waals surface area (Å²) in [6.45, 7) is 5.75. The Balaban J connectivity index is 1.25. The maximum atomic E-state index is 5.77. The van der Waals surface area contributed by atoms with Crippen LogP contribution in [0, 0.1) is 5.92 Å². The van der Waals surface area contributed by atoms with Gasteiger partial charge in [0.15, 0.2) is 0 Å². The van der Waals surface area contributed by atoms with Crippen LogP contribution in [0.1, 0.15) is 108 Å². The third-order valence-corrected chi connectivity index (χ3v) is 6.69. The summed E-state index contributed by atoms with van der Waals surface area (Å²) in [7, 11) is 0. The molecule has 0 spiro atoms. The number of hydrogen-bond acceptors (Lipinski definition) is 2. The average Bonchev–Trinajstić information content (AvgIpc) is 2.87. The molecule has 2 aromatic carbocycles. The van der Waals surface area contributed by atoms with Crippen molar-refractivity contribution in [1.29, 1.82) is 0 Å². The largest absolute Gasteiger partial charge is 0.377 e. The van der Waals surface area contributed by atoms with Crippen LogP contribution >= 0.6 is 0 Å². The highest BCUT2D eigenvalue weighted by molar-refractivity contribution is 5.14. The second-order valence-electron chi connectivity index (χ2n) is 10.0. The molecule has 0 bridgehead atoms. The molecule has 0 N–H and O–H groups in total. The van der Waals surface area contributed by atoms with Gasteiger partial charge in [0.25, 0.3) is 0 Å². The van der Waals surface area contributed by atoms with Gasteiger partial charge >= 0.3 is 0 Å². The van der Waals surface area contributed by atoms with Crippen LogP contribution < -0.4 is 0 Å². The highest BCUT2D eigenvalue weighted by atomic mass is 16.5. The minimum Gasteiger partial charge on any atom is -0.377 e. The third-order valence-electron chi connectivity index (χ3n) is 6.69. The zero-order valence-corrected chi connectivity index (χ0v) is 21.9. The van der Waals surface area contributed by atoms with Gasteiger partial charge in [-0.05, 0) is 29.9 Å². The van der Waals surface area contributed by atoms with Crippen molar-refractivity contribution in [3.63, 3.8) is 0 Å². The molecule has 2 nitrogen and oxygen atoms in total. The quantitative estimate of drug-likeness (QED) is 0.161. The highest BCUT2D eigenvalue weighted by Crippen LogP contribution is 2.18. The molecular formula is C32H50O2. The minimum atomic E-state index is 0.753. The summed E-state index contributed by atoms with van der Waals surface area (Å²) < 4.78 is 11.5. The van der Waals surface area contributed by atoms with E-state index in [1.165, 1.54) is 101 Å². The molecule has 0 radical (unpaired) electrons. The van der Waals surface area contributed by atoms with Crippen molar-refractivity contribution in [1.82, 2.24) is 0 Å². The Bertz CT molecular complexity index is 610. The summed E-state index contributed by atoms with van der Waals surface area (Å²) in [5.41, 5.74) is 2.55. The number of unbranched alkanes of at least 4 members (excludes halogenated alkanes) is 10. The molecule has 0 atom stereocenters. The fraction of sp³-hybridized carbons (Fsp3) is 0.625. The van der Waals surface area contributed by atoms with E-state index in [4.69, 9.17) is 9.47 Å². The van der Waals surface area contributed by atoms with Gasteiger partial charge < -0.3 is 9.47 Å². The molecule has 0 aromatic heterocycles. The van der Waals surface area contributed by atoms with Gasteiger partial charge in [0.1, 0.15) is 0 Å². The van der Waals surface area contributed by atoms with Gasteiger partial charge in [-0.15, -0.1) is 0 Å². The zero-order chi connectivity index (χ0) is 23.9. The second-order valence-corrected chi connectivity index (χ2v) is 10.0. The van der Waals surface area contributed by atoms with Crippen LogP contribution in [-0.2, 0) is 22.7 Å². The smallest absolute Gasteiger partial charge is 0.0716 e. The molecule has 0 heterocycles. The lowest BCUT2D eigenvalue weighted by Gasteiger charge is -2.11. The van der Waals surface area contributed by atoms with Crippen molar-refractivity contribution in [3.05, 3.63) is 71.8 Å². The van der Waals surface area contributed by atoms with E-state index in [0.29, 0.717) is 0 Å². The number of hydrogen-bond donors (Lipinski definition) is 0. The van der Waals surface area contributed by atoms with Gasteiger partial charge in [-0.25, -0.2) is 0 Å². The summed E-state index contributed by atoms with van der Waals surface area (Å²) in [5, 5.41) is 0. The molecule has 2 heteroatoms. The zero-order valence-electron chi connectivity index (χ0n) is 21.9. The van der Waals surface area contributed by atoms with Crippen LogP contribution in [-0.4, -0.2) is 13.2 Å². The topological polar surface area (TPSA) is 18.5 Å². The predicted molar refractivity (Wildman–Crippen MR) is 146 cm³/mol. The van der Waals surface area contributed by atoms with Crippen molar-refractivity contribution in [2.45, 2.75) is 110 Å². The lowest BCUT2D eigenvalue weighted by molar-refractivity contribution is 0.116. The van der Waals surface area contributed by atoms with Crippen molar-refractivity contribution >= 4 is 0 Å². The van der Waals surface area contributed by atoms with Crippen molar-refractivity contribution < 1.29 is 9.47 Å². The van der Waals surface area contributed by atoms with Crippen molar-refractivity contribution in [2.75, 3.05) is 13.2 Å². The lowest BCUT2D eigenvalue weighted by atomic mass is 9.96. The van der Waals surface area contributed by atoms with E-state index < -0.39 is 0 Å². The molecule has 0 aliphatic heterocycles. The second kappa shape index (κ2) is 20.7. The van der Waals surface area contributed by atoms with Crippen molar-refractivity contribution in [3.8, 4) is 0 Å². The molecule has 0 saturated heterocycles. The Kier molecular flexibility index (Phi) is 17.4. The SMILES string of the molecule is CC(CCCCCCCCOCc1ccccc1)CCCCCCCCOCc1ccccc1. The van der Waals surface area contributed by atoms with E-state index in [2.05, 4.69) is 67.6 Å². The van der Waals surface area contributed by atoms with E-state index in [0.717, 1.165) is 32.3 Å². The summed E-state index contributed by atoms with van der Waals surface area (Å²) in [5.74, 6) is 0.901. The summed E-state index contributed by atoms with van der Waals surface area (Å²) in [6, 6.07) is 20.9. The van der Waals surface area contributed by atoms with Crippen LogP contribution in [0.15, 0.2) is 60.7 Å². The van der Waals surface area contributed by atoms with E-state index in [-0.39, 0.29) is 0 Å². The van der Waals surface area contributed by atoms with E-state index in [1.54, 1.807) is 0 Å². The standard InChI is InChI=1S/C32H50O2/c1-30(20-12-6-2-4-8-18-26-33-28-31-22-14-10-15-23-31)21-13-7-3-5-9-19-27-34-29-32-24-16-11-17-25-32/h10-11,14-17,22-25,30H,2-9,12-13,18-21,26-29H2,1H3. The van der Waals surface area contributed by atoms with Gasteiger partial charge in [-0.2, -0.15) is 0 Å². The van der Waals surface area contributed by atoms with Crippen LogP contribution in [0.5, 0.6) is 0 Å². The lowest BCUT2D eigenvalue weighted by Crippen LogP contribution is -1.97. The number of benzene rings is 2. The first-order valence-electron chi connectivity index (χ1n) is 14.1. The Hall–Kier alpha value is -1.64. The van der Waals surface area contributed by atoms with Gasteiger partial charge in [0, 0.05) is 13.2 Å². The Morgan fingerprint density at radius 2 is 0.824 bits per heavy atom. The Morgan fingerprint density at radius 1 is 0.471 bits per heavy atom. The summed E-state index contributed by atoms with van der Waals surface area (Å²) in [6.07, 6.45) is 19.0. The average molecular weight is 467 g/mol. The minimum absolute atomic E-state index is 0.753. The van der Waals surface area contributed by atoms with Gasteiger partial charge in [0.05, 0.1) is 13.2 Å². The molecule has 0 aliphatic carbocycles. The monoisotopic (exact) mass is 466 g/mol. The first kappa shape index (κ1) is 28.6. The molecule has 2 rings (SSSR count). The Labute approximate surface area is 210 Å². The van der Waals surface area contributed by atoms with E-state index in [1.807, 2.05) is 0 Å². The molecule has 0 saturated carbocycles. The maximum absolute atomic E-state index is 5.77. The fourth-order valence-electron chi connectivity index (χ4n) is 4.48. The number of rotatable bonds is 22. The molecular weight excluding hydrogens is 416 g/mol. The van der Waals surface area contributed by atoms with Crippen LogP contribution in [0.25, 0.3) is 0 Å². The van der Waals surface area contributed by atoms with Crippen LogP contribution in [0.4, 0.5) is 0 Å². The summed E-state index contributed by atoms with van der Waals surface area (Å²) in [4.78, 5) is 0. The molecule has 34 heavy (non-hydrogen) atoms. The van der Waals surface area contributed by atoms with Gasteiger partial charge in [-0.3, -0.25) is 0 Å². The number of ether oxygens (including phenoxy) is 2.